The summed E-state index contributed by atoms with van der Waals surface area (Å²) in [4.78, 5) is 12.1. The highest BCUT2D eigenvalue weighted by molar-refractivity contribution is 7.17. The number of amides is 1. The fourth-order valence-electron chi connectivity index (χ4n) is 2.72. The molecule has 1 aliphatic rings. The molecule has 0 spiro atoms. The van der Waals surface area contributed by atoms with Crippen molar-refractivity contribution < 1.29 is 4.79 Å². The number of carbonyl (C=O) groups is 1. The van der Waals surface area contributed by atoms with E-state index in [-0.39, 0.29) is 11.3 Å². The second-order valence-corrected chi connectivity index (χ2v) is 6.40. The van der Waals surface area contributed by atoms with Crippen LogP contribution >= 0.6 is 11.3 Å². The number of nitrogens with two attached hydrogens (primary N) is 1. The highest BCUT2D eigenvalue weighted by Crippen LogP contribution is 2.43. The number of anilines is 1. The van der Waals surface area contributed by atoms with E-state index in [0.717, 1.165) is 18.5 Å². The Kier molecular flexibility index (Phi) is 3.29. The van der Waals surface area contributed by atoms with E-state index in [9.17, 15) is 4.79 Å². The van der Waals surface area contributed by atoms with E-state index in [1.807, 2.05) is 12.1 Å². The van der Waals surface area contributed by atoms with Gasteiger partial charge in [-0.15, -0.1) is 11.3 Å². The number of benzene rings is 1. The molecule has 0 radical (unpaired) electrons. The third-order valence-electron chi connectivity index (χ3n) is 4.12. The Labute approximate surface area is 116 Å². The summed E-state index contributed by atoms with van der Waals surface area (Å²) >= 11 is 1.71. The van der Waals surface area contributed by atoms with Crippen LogP contribution in [0.2, 0.25) is 0 Å². The molecule has 1 amide bonds. The molecule has 2 aromatic rings. The van der Waals surface area contributed by atoms with Crippen LogP contribution in [0.3, 0.4) is 0 Å². The predicted molar refractivity (Wildman–Crippen MR) is 80.4 cm³/mol. The van der Waals surface area contributed by atoms with Gasteiger partial charge in [0.15, 0.2) is 0 Å². The van der Waals surface area contributed by atoms with Crippen LogP contribution in [0, 0.1) is 5.41 Å². The van der Waals surface area contributed by atoms with Gasteiger partial charge >= 0.3 is 0 Å². The van der Waals surface area contributed by atoms with Gasteiger partial charge in [0.2, 0.25) is 5.91 Å². The minimum atomic E-state index is 0.0660. The molecule has 0 atom stereocenters. The number of rotatable bonds is 4. The molecule has 100 valence electrons. The fourth-order valence-corrected chi connectivity index (χ4v) is 3.49. The van der Waals surface area contributed by atoms with Crippen LogP contribution < -0.4 is 11.1 Å². The van der Waals surface area contributed by atoms with Crippen molar-refractivity contribution in [2.45, 2.75) is 25.7 Å². The first-order valence-electron chi connectivity index (χ1n) is 6.68. The molecule has 0 bridgehead atoms. The van der Waals surface area contributed by atoms with Gasteiger partial charge in [-0.05, 0) is 59.8 Å². The monoisotopic (exact) mass is 274 g/mol. The molecule has 0 aliphatic heterocycles. The minimum absolute atomic E-state index is 0.0660. The van der Waals surface area contributed by atoms with E-state index in [1.165, 1.54) is 16.5 Å². The van der Waals surface area contributed by atoms with Gasteiger partial charge < -0.3 is 11.1 Å². The smallest absolute Gasteiger partial charge is 0.224 e. The van der Waals surface area contributed by atoms with Gasteiger partial charge in [-0.25, -0.2) is 0 Å². The molecule has 1 heterocycles. The SMILES string of the molecule is NCC1(CC(=O)Nc2ccc3sccc3c2)CCC1. The fraction of sp³-hybridized carbons (Fsp3) is 0.400. The van der Waals surface area contributed by atoms with Crippen LogP contribution in [0.15, 0.2) is 29.6 Å². The molecule has 1 fully saturated rings. The maximum Gasteiger partial charge on any atom is 0.224 e. The Morgan fingerprint density at radius 1 is 1.37 bits per heavy atom. The van der Waals surface area contributed by atoms with Crippen LogP contribution in [0.4, 0.5) is 5.69 Å². The number of nitrogens with one attached hydrogen (secondary N) is 1. The predicted octanol–water partition coefficient (Wildman–Crippen LogP) is 3.36. The van der Waals surface area contributed by atoms with Crippen molar-refractivity contribution in [1.29, 1.82) is 0 Å². The van der Waals surface area contributed by atoms with Gasteiger partial charge in [0.25, 0.3) is 0 Å². The summed E-state index contributed by atoms with van der Waals surface area (Å²) in [6.07, 6.45) is 3.91. The lowest BCUT2D eigenvalue weighted by Gasteiger charge is -2.40. The Hall–Kier alpha value is -1.39. The molecule has 3 N–H and O–H groups in total. The molecule has 1 saturated carbocycles. The first-order valence-corrected chi connectivity index (χ1v) is 7.56. The van der Waals surface area contributed by atoms with Gasteiger partial charge in [-0.2, -0.15) is 0 Å². The largest absolute Gasteiger partial charge is 0.330 e. The van der Waals surface area contributed by atoms with E-state index in [4.69, 9.17) is 5.73 Å². The van der Waals surface area contributed by atoms with E-state index in [2.05, 4.69) is 22.8 Å². The average Bonchev–Trinajstić information content (AvgIpc) is 2.81. The molecular weight excluding hydrogens is 256 g/mol. The van der Waals surface area contributed by atoms with E-state index >= 15 is 0 Å². The molecule has 1 aromatic heterocycles. The summed E-state index contributed by atoms with van der Waals surface area (Å²) in [6, 6.07) is 8.12. The van der Waals surface area contributed by atoms with E-state index < -0.39 is 0 Å². The topological polar surface area (TPSA) is 55.1 Å². The van der Waals surface area contributed by atoms with E-state index in [1.54, 1.807) is 11.3 Å². The zero-order valence-corrected chi connectivity index (χ0v) is 11.6. The van der Waals surface area contributed by atoms with Gasteiger partial charge in [0.05, 0.1) is 0 Å². The van der Waals surface area contributed by atoms with Gasteiger partial charge in [0.1, 0.15) is 0 Å². The van der Waals surface area contributed by atoms with Crippen molar-refractivity contribution in [1.82, 2.24) is 0 Å². The maximum absolute atomic E-state index is 12.1. The first kappa shape index (κ1) is 12.6. The van der Waals surface area contributed by atoms with Crippen molar-refractivity contribution in [3.05, 3.63) is 29.6 Å². The summed E-state index contributed by atoms with van der Waals surface area (Å²) in [6.45, 7) is 0.615. The molecule has 3 nitrogen and oxygen atoms in total. The molecule has 4 heteroatoms. The molecule has 0 saturated heterocycles. The van der Waals surface area contributed by atoms with Crippen molar-refractivity contribution >= 4 is 33.0 Å². The third kappa shape index (κ3) is 2.51. The molecule has 3 rings (SSSR count). The quantitative estimate of drug-likeness (QED) is 0.898. The highest BCUT2D eigenvalue weighted by atomic mass is 32.1. The lowest BCUT2D eigenvalue weighted by molar-refractivity contribution is -0.119. The van der Waals surface area contributed by atoms with Crippen molar-refractivity contribution in [3.63, 3.8) is 0 Å². The zero-order valence-electron chi connectivity index (χ0n) is 10.8. The number of hydrogen-bond acceptors (Lipinski definition) is 3. The maximum atomic E-state index is 12.1. The summed E-state index contributed by atoms with van der Waals surface area (Å²) in [5, 5.41) is 6.24. The normalized spacial score (nSPS) is 17.1. The number of carbonyl (C=O) groups excluding carboxylic acids is 1. The van der Waals surface area contributed by atoms with Crippen LogP contribution in [-0.2, 0) is 4.79 Å². The Morgan fingerprint density at radius 3 is 2.89 bits per heavy atom. The van der Waals surface area contributed by atoms with Crippen LogP contribution in [0.1, 0.15) is 25.7 Å². The molecule has 1 aromatic carbocycles. The minimum Gasteiger partial charge on any atom is -0.330 e. The molecule has 1 aliphatic carbocycles. The van der Waals surface area contributed by atoms with Crippen LogP contribution in [-0.4, -0.2) is 12.5 Å². The number of hydrogen-bond donors (Lipinski definition) is 2. The molecular formula is C15H18N2OS. The van der Waals surface area contributed by atoms with E-state index in [0.29, 0.717) is 13.0 Å². The average molecular weight is 274 g/mol. The summed E-state index contributed by atoms with van der Waals surface area (Å²) < 4.78 is 1.25. The van der Waals surface area contributed by atoms with Gasteiger partial charge in [-0.1, -0.05) is 6.42 Å². The zero-order chi connectivity index (χ0) is 13.3. The third-order valence-corrected chi connectivity index (χ3v) is 5.02. The first-order chi connectivity index (χ1) is 9.21. The van der Waals surface area contributed by atoms with Gasteiger partial charge in [-0.3, -0.25) is 4.79 Å². The highest BCUT2D eigenvalue weighted by Gasteiger charge is 2.37. The lowest BCUT2D eigenvalue weighted by Crippen LogP contribution is -2.40. The van der Waals surface area contributed by atoms with Gasteiger partial charge in [0, 0.05) is 16.8 Å². The molecule has 0 unspecified atom stereocenters. The number of thiophene rings is 1. The Morgan fingerprint density at radius 2 is 2.21 bits per heavy atom. The van der Waals surface area contributed by atoms with Crippen molar-refractivity contribution in [2.24, 2.45) is 11.1 Å². The van der Waals surface area contributed by atoms with Crippen LogP contribution in [0.25, 0.3) is 10.1 Å². The summed E-state index contributed by atoms with van der Waals surface area (Å²) in [5.41, 5.74) is 6.74. The number of fused-ring (bicyclic) bond motifs is 1. The van der Waals surface area contributed by atoms with Crippen LogP contribution in [0.5, 0.6) is 0 Å². The molecule has 19 heavy (non-hydrogen) atoms. The second-order valence-electron chi connectivity index (χ2n) is 5.46. The summed E-state index contributed by atoms with van der Waals surface area (Å²) in [7, 11) is 0. The summed E-state index contributed by atoms with van der Waals surface area (Å²) in [5.74, 6) is 0.0831. The Bertz CT molecular complexity index is 595. The standard InChI is InChI=1S/C15H18N2OS/c16-10-15(5-1-6-15)9-14(18)17-12-2-3-13-11(8-12)4-7-19-13/h2-4,7-8H,1,5-6,9-10,16H2,(H,17,18). The van der Waals surface area contributed by atoms with Crippen molar-refractivity contribution in [2.75, 3.05) is 11.9 Å². The van der Waals surface area contributed by atoms with Crippen molar-refractivity contribution in [3.8, 4) is 0 Å². The second kappa shape index (κ2) is 4.94. The Balaban J connectivity index is 1.68. The lowest BCUT2D eigenvalue weighted by atomic mass is 9.66.